The van der Waals surface area contributed by atoms with Gasteiger partial charge in [-0.25, -0.2) is 8.42 Å². The zero-order chi connectivity index (χ0) is 23.2. The van der Waals surface area contributed by atoms with Crippen LogP contribution in [0.15, 0.2) is 65.6 Å². The van der Waals surface area contributed by atoms with Crippen molar-refractivity contribution in [2.75, 3.05) is 0 Å². The van der Waals surface area contributed by atoms with Crippen molar-refractivity contribution in [2.45, 2.75) is 17.2 Å². The Labute approximate surface area is 186 Å². The van der Waals surface area contributed by atoms with Crippen LogP contribution in [0.2, 0.25) is 0 Å². The number of alkyl halides is 6. The molecule has 0 atom stereocenters. The van der Waals surface area contributed by atoms with Crippen LogP contribution in [0, 0.1) is 3.57 Å². The Hall–Kier alpha value is -2.12. The minimum absolute atomic E-state index is 0.0512. The van der Waals surface area contributed by atoms with Gasteiger partial charge in [0.25, 0.3) is 0 Å². The van der Waals surface area contributed by atoms with Crippen molar-refractivity contribution < 1.29 is 39.3 Å². The molecule has 0 saturated heterocycles. The van der Waals surface area contributed by atoms with Gasteiger partial charge in [-0.15, -0.1) is 0 Å². The van der Waals surface area contributed by atoms with Crippen LogP contribution in [-0.2, 0) is 22.5 Å². The van der Waals surface area contributed by atoms with E-state index in [9.17, 15) is 39.3 Å². The van der Waals surface area contributed by atoms with Gasteiger partial charge in [-0.3, -0.25) is 0 Å². The van der Waals surface area contributed by atoms with E-state index >= 15 is 0 Å². The molecule has 0 bridgehead atoms. The fourth-order valence-corrected chi connectivity index (χ4v) is 5.08. The smallest absolute Gasteiger partial charge is 0.416 e. The lowest BCUT2D eigenvalue weighted by atomic mass is 9.93. The monoisotopic (exact) mass is 571 g/mol. The van der Waals surface area contributed by atoms with Crippen LogP contribution in [0.1, 0.15) is 11.1 Å². The number of halogens is 7. The molecular formula is C20H10F6IO3S-. The van der Waals surface area contributed by atoms with Crippen molar-refractivity contribution in [3.63, 3.8) is 0 Å². The van der Waals surface area contributed by atoms with E-state index in [0.717, 1.165) is 54.6 Å². The molecule has 0 saturated carbocycles. The first-order valence-corrected chi connectivity index (χ1v) is 10.8. The maximum atomic E-state index is 12.9. The van der Waals surface area contributed by atoms with E-state index in [0.29, 0.717) is 0 Å². The second-order valence-electron chi connectivity index (χ2n) is 6.40. The normalized spacial score (nSPS) is 12.8. The summed E-state index contributed by atoms with van der Waals surface area (Å²) >= 11 is 1.59. The summed E-state index contributed by atoms with van der Waals surface area (Å²) in [6.45, 7) is 0. The lowest BCUT2D eigenvalue weighted by molar-refractivity contribution is -0.138. The van der Waals surface area contributed by atoms with Gasteiger partial charge in [-0.2, -0.15) is 26.3 Å². The van der Waals surface area contributed by atoms with Crippen LogP contribution in [0.5, 0.6) is 0 Å². The molecule has 164 valence electrons. The quantitative estimate of drug-likeness (QED) is 0.203. The van der Waals surface area contributed by atoms with Crippen molar-refractivity contribution in [3.05, 3.63) is 75.4 Å². The largest absolute Gasteiger partial charge is 0.744 e. The van der Waals surface area contributed by atoms with E-state index in [1.54, 1.807) is 22.6 Å². The highest BCUT2D eigenvalue weighted by Crippen LogP contribution is 2.41. The van der Waals surface area contributed by atoms with Crippen molar-refractivity contribution in [1.82, 2.24) is 0 Å². The second kappa shape index (κ2) is 8.10. The Bertz CT molecular complexity index is 1220. The van der Waals surface area contributed by atoms with Crippen LogP contribution >= 0.6 is 22.6 Å². The predicted molar refractivity (Wildman–Crippen MR) is 108 cm³/mol. The molecule has 3 aromatic rings. The minimum Gasteiger partial charge on any atom is -0.744 e. The third-order valence-corrected chi connectivity index (χ3v) is 6.77. The topological polar surface area (TPSA) is 57.2 Å². The van der Waals surface area contributed by atoms with Gasteiger partial charge in [0, 0.05) is 9.13 Å². The van der Waals surface area contributed by atoms with Crippen molar-refractivity contribution in [2.24, 2.45) is 0 Å². The molecule has 0 aliphatic carbocycles. The van der Waals surface area contributed by atoms with E-state index < -0.39 is 38.5 Å². The first-order valence-electron chi connectivity index (χ1n) is 8.33. The Morgan fingerprint density at radius 3 is 1.48 bits per heavy atom. The van der Waals surface area contributed by atoms with E-state index in [2.05, 4.69) is 0 Å². The number of benzene rings is 3. The highest BCUT2D eigenvalue weighted by atomic mass is 127. The third kappa shape index (κ3) is 5.04. The van der Waals surface area contributed by atoms with Crippen LogP contribution in [0.25, 0.3) is 22.3 Å². The summed E-state index contributed by atoms with van der Waals surface area (Å²) in [7, 11) is -4.91. The molecule has 0 radical (unpaired) electrons. The summed E-state index contributed by atoms with van der Waals surface area (Å²) < 4.78 is 112. The fourth-order valence-electron chi connectivity index (χ4n) is 2.94. The standard InChI is InChI=1S/C20H11F6IO3S/c21-19(22,23)13-5-1-11(2-6-13)15-9-10-16(31(28,29)30)18(27)17(15)12-3-7-14(8-4-12)20(24,25)26/h1-10H,(H,28,29,30)/p-1. The predicted octanol–water partition coefficient (Wildman–Crippen LogP) is 6.57. The molecular weight excluding hydrogens is 561 g/mol. The van der Waals surface area contributed by atoms with Crippen LogP contribution in [0.4, 0.5) is 26.3 Å². The molecule has 0 unspecified atom stereocenters. The van der Waals surface area contributed by atoms with Crippen molar-refractivity contribution in [3.8, 4) is 22.3 Å². The third-order valence-electron chi connectivity index (χ3n) is 4.40. The van der Waals surface area contributed by atoms with E-state index in [4.69, 9.17) is 0 Å². The fraction of sp³-hybridized carbons (Fsp3) is 0.100. The first kappa shape index (κ1) is 23.5. The van der Waals surface area contributed by atoms with Crippen molar-refractivity contribution >= 4 is 32.7 Å². The van der Waals surface area contributed by atoms with E-state index in [1.165, 1.54) is 6.07 Å². The van der Waals surface area contributed by atoms with Crippen LogP contribution in [-0.4, -0.2) is 13.0 Å². The minimum atomic E-state index is -4.91. The average Bonchev–Trinajstić information content (AvgIpc) is 2.65. The molecule has 3 aromatic carbocycles. The van der Waals surface area contributed by atoms with Crippen LogP contribution < -0.4 is 0 Å². The van der Waals surface area contributed by atoms with Gasteiger partial charge in [-0.05, 0) is 69.6 Å². The number of hydrogen-bond donors (Lipinski definition) is 0. The van der Waals surface area contributed by atoms with Gasteiger partial charge in [0.1, 0.15) is 10.1 Å². The molecule has 0 spiro atoms. The first-order chi connectivity index (χ1) is 14.2. The molecule has 0 aliphatic heterocycles. The average molecular weight is 571 g/mol. The Kier molecular flexibility index (Phi) is 6.15. The summed E-state index contributed by atoms with van der Waals surface area (Å²) in [5.41, 5.74) is -1.04. The second-order valence-corrected chi connectivity index (χ2v) is 8.83. The molecule has 0 N–H and O–H groups in total. The van der Waals surface area contributed by atoms with Crippen molar-refractivity contribution in [1.29, 1.82) is 0 Å². The number of rotatable bonds is 3. The summed E-state index contributed by atoms with van der Waals surface area (Å²) in [5.74, 6) is 0. The summed E-state index contributed by atoms with van der Waals surface area (Å²) in [6, 6.07) is 10.0. The van der Waals surface area contributed by atoms with E-state index in [1.807, 2.05) is 0 Å². The molecule has 11 heteroatoms. The molecule has 0 heterocycles. The maximum Gasteiger partial charge on any atom is 0.416 e. The highest BCUT2D eigenvalue weighted by Gasteiger charge is 2.31. The van der Waals surface area contributed by atoms with Gasteiger partial charge in [-0.1, -0.05) is 30.3 Å². The van der Waals surface area contributed by atoms with Crippen LogP contribution in [0.3, 0.4) is 0 Å². The zero-order valence-electron chi connectivity index (χ0n) is 15.1. The van der Waals surface area contributed by atoms with Gasteiger partial charge in [0.05, 0.1) is 16.0 Å². The summed E-state index contributed by atoms with van der Waals surface area (Å²) in [5, 5.41) is 0. The Balaban J connectivity index is 2.24. The molecule has 3 nitrogen and oxygen atoms in total. The molecule has 0 amide bonds. The number of hydrogen-bond acceptors (Lipinski definition) is 3. The van der Waals surface area contributed by atoms with Gasteiger partial charge < -0.3 is 4.55 Å². The maximum absolute atomic E-state index is 12.9. The summed E-state index contributed by atoms with van der Waals surface area (Å²) in [4.78, 5) is -0.585. The Morgan fingerprint density at radius 2 is 1.10 bits per heavy atom. The lowest BCUT2D eigenvalue weighted by Gasteiger charge is -2.18. The SMILES string of the molecule is O=S(=O)([O-])c1ccc(-c2ccc(C(F)(F)F)cc2)c(-c2ccc(C(F)(F)F)cc2)c1I. The lowest BCUT2D eigenvalue weighted by Crippen LogP contribution is -2.06. The van der Waals surface area contributed by atoms with Gasteiger partial charge in [0.15, 0.2) is 0 Å². The van der Waals surface area contributed by atoms with Gasteiger partial charge >= 0.3 is 12.4 Å². The molecule has 31 heavy (non-hydrogen) atoms. The van der Waals surface area contributed by atoms with E-state index in [-0.39, 0.29) is 25.8 Å². The molecule has 0 aromatic heterocycles. The summed E-state index contributed by atoms with van der Waals surface area (Å²) in [6.07, 6.45) is -9.16. The molecule has 3 rings (SSSR count). The van der Waals surface area contributed by atoms with Gasteiger partial charge in [0.2, 0.25) is 0 Å². The zero-order valence-corrected chi connectivity index (χ0v) is 18.0. The highest BCUT2D eigenvalue weighted by molar-refractivity contribution is 14.1. The Morgan fingerprint density at radius 1 is 0.677 bits per heavy atom. The molecule has 0 aliphatic rings. The molecule has 0 fully saturated rings.